The quantitative estimate of drug-likeness (QED) is 0.888. The summed E-state index contributed by atoms with van der Waals surface area (Å²) in [6.07, 6.45) is -0.0562. The number of fused-ring (bicyclic) bond motifs is 1. The van der Waals surface area contributed by atoms with Gasteiger partial charge in [-0.2, -0.15) is 0 Å². The second-order valence-corrected chi connectivity index (χ2v) is 5.84. The van der Waals surface area contributed by atoms with Crippen LogP contribution in [0.1, 0.15) is 24.2 Å². The summed E-state index contributed by atoms with van der Waals surface area (Å²) in [6, 6.07) is 16.6. The molecule has 2 aromatic rings. The number of methoxy groups -OCH3 is 1. The fourth-order valence-corrected chi connectivity index (χ4v) is 2.63. The third-order valence-electron chi connectivity index (χ3n) is 3.93. The first-order chi connectivity index (χ1) is 11.3. The van der Waals surface area contributed by atoms with Gasteiger partial charge in [0.15, 0.2) is 17.6 Å². The van der Waals surface area contributed by atoms with E-state index < -0.39 is 0 Å². The number of rotatable bonds is 6. The topological polar surface area (TPSA) is 39.7 Å². The van der Waals surface area contributed by atoms with Gasteiger partial charge < -0.3 is 19.5 Å². The van der Waals surface area contributed by atoms with Crippen molar-refractivity contribution in [3.05, 3.63) is 59.7 Å². The average molecular weight is 313 g/mol. The lowest BCUT2D eigenvalue weighted by Crippen LogP contribution is -2.29. The van der Waals surface area contributed by atoms with Crippen LogP contribution >= 0.6 is 0 Å². The smallest absolute Gasteiger partial charge is 0.162 e. The number of hydrogen-bond acceptors (Lipinski definition) is 4. The maximum Gasteiger partial charge on any atom is 0.162 e. The molecule has 1 N–H and O–H groups in total. The molecule has 0 saturated carbocycles. The standard InChI is InChI=1S/C19H23NO3/c1-14(12-21-2)20-11-15-7-9-16(10-8-15)19-13-22-17-5-3-4-6-18(17)23-19/h3-10,14,19-20H,11-13H2,1-2H3/t14?,19-/m1/s1. The predicted octanol–water partition coefficient (Wildman–Crippen LogP) is 3.32. The zero-order valence-corrected chi connectivity index (χ0v) is 13.6. The summed E-state index contributed by atoms with van der Waals surface area (Å²) in [4.78, 5) is 0. The minimum atomic E-state index is -0.0562. The molecule has 23 heavy (non-hydrogen) atoms. The zero-order valence-electron chi connectivity index (χ0n) is 13.6. The molecule has 4 heteroatoms. The van der Waals surface area contributed by atoms with Crippen molar-refractivity contribution in [2.75, 3.05) is 20.3 Å². The van der Waals surface area contributed by atoms with Gasteiger partial charge in [0.2, 0.25) is 0 Å². The summed E-state index contributed by atoms with van der Waals surface area (Å²) < 4.78 is 16.9. The van der Waals surface area contributed by atoms with Crippen molar-refractivity contribution in [2.24, 2.45) is 0 Å². The van der Waals surface area contributed by atoms with E-state index in [-0.39, 0.29) is 6.10 Å². The average Bonchev–Trinajstić information content (AvgIpc) is 2.60. The van der Waals surface area contributed by atoms with Gasteiger partial charge in [-0.15, -0.1) is 0 Å². The number of nitrogens with one attached hydrogen (secondary N) is 1. The van der Waals surface area contributed by atoms with Crippen LogP contribution < -0.4 is 14.8 Å². The third-order valence-corrected chi connectivity index (χ3v) is 3.93. The first-order valence-corrected chi connectivity index (χ1v) is 7.96. The molecule has 2 aromatic carbocycles. The van der Waals surface area contributed by atoms with E-state index in [1.54, 1.807) is 7.11 Å². The molecule has 1 aliphatic rings. The molecule has 2 atom stereocenters. The Bertz CT molecular complexity index is 627. The van der Waals surface area contributed by atoms with Gasteiger partial charge in [-0.25, -0.2) is 0 Å². The minimum absolute atomic E-state index is 0.0562. The fraction of sp³-hybridized carbons (Fsp3) is 0.368. The normalized spacial score (nSPS) is 17.7. The molecule has 0 saturated heterocycles. The second-order valence-electron chi connectivity index (χ2n) is 5.84. The van der Waals surface area contributed by atoms with E-state index in [2.05, 4.69) is 36.5 Å². The van der Waals surface area contributed by atoms with Crippen LogP contribution in [-0.4, -0.2) is 26.4 Å². The molecule has 0 fully saturated rings. The van der Waals surface area contributed by atoms with Crippen molar-refractivity contribution >= 4 is 0 Å². The van der Waals surface area contributed by atoms with Crippen LogP contribution in [0.25, 0.3) is 0 Å². The summed E-state index contributed by atoms with van der Waals surface area (Å²) in [7, 11) is 1.72. The van der Waals surface area contributed by atoms with E-state index in [1.165, 1.54) is 5.56 Å². The maximum atomic E-state index is 6.03. The summed E-state index contributed by atoms with van der Waals surface area (Å²) in [6.45, 7) is 4.20. The van der Waals surface area contributed by atoms with E-state index in [9.17, 15) is 0 Å². The SMILES string of the molecule is COCC(C)NCc1ccc([C@H]2COc3ccccc3O2)cc1. The van der Waals surface area contributed by atoms with Crippen LogP contribution in [0.4, 0.5) is 0 Å². The number of para-hydroxylation sites is 2. The molecule has 0 spiro atoms. The van der Waals surface area contributed by atoms with E-state index in [4.69, 9.17) is 14.2 Å². The molecule has 0 radical (unpaired) electrons. The molecular formula is C19H23NO3. The highest BCUT2D eigenvalue weighted by molar-refractivity contribution is 5.41. The molecule has 4 nitrogen and oxygen atoms in total. The van der Waals surface area contributed by atoms with Gasteiger partial charge in [0, 0.05) is 19.7 Å². The third kappa shape index (κ3) is 4.03. The van der Waals surface area contributed by atoms with Crippen molar-refractivity contribution in [3.8, 4) is 11.5 Å². The van der Waals surface area contributed by atoms with Gasteiger partial charge in [0.25, 0.3) is 0 Å². The number of benzene rings is 2. The first kappa shape index (κ1) is 15.8. The summed E-state index contributed by atoms with van der Waals surface area (Å²) >= 11 is 0. The summed E-state index contributed by atoms with van der Waals surface area (Å²) in [5, 5.41) is 3.43. The Hall–Kier alpha value is -2.04. The second kappa shape index (κ2) is 7.49. The van der Waals surface area contributed by atoms with Crippen LogP contribution in [0, 0.1) is 0 Å². The maximum absolute atomic E-state index is 6.03. The zero-order chi connectivity index (χ0) is 16.1. The van der Waals surface area contributed by atoms with Crippen LogP contribution in [0.3, 0.4) is 0 Å². The van der Waals surface area contributed by atoms with Crippen molar-refractivity contribution in [1.82, 2.24) is 5.32 Å². The lowest BCUT2D eigenvalue weighted by atomic mass is 10.1. The van der Waals surface area contributed by atoms with Crippen molar-refractivity contribution < 1.29 is 14.2 Å². The number of ether oxygens (including phenoxy) is 3. The molecule has 0 aliphatic carbocycles. The van der Waals surface area contributed by atoms with Crippen LogP contribution in [-0.2, 0) is 11.3 Å². The Kier molecular flexibility index (Phi) is 5.16. The largest absolute Gasteiger partial charge is 0.485 e. The first-order valence-electron chi connectivity index (χ1n) is 7.96. The highest BCUT2D eigenvalue weighted by atomic mass is 16.6. The van der Waals surface area contributed by atoms with Gasteiger partial charge >= 0.3 is 0 Å². The van der Waals surface area contributed by atoms with Gasteiger partial charge in [0.05, 0.1) is 6.61 Å². The van der Waals surface area contributed by atoms with Crippen molar-refractivity contribution in [3.63, 3.8) is 0 Å². The number of hydrogen-bond donors (Lipinski definition) is 1. The van der Waals surface area contributed by atoms with E-state index in [1.807, 2.05) is 24.3 Å². The highest BCUT2D eigenvalue weighted by Gasteiger charge is 2.21. The van der Waals surface area contributed by atoms with Crippen LogP contribution in [0.15, 0.2) is 48.5 Å². The van der Waals surface area contributed by atoms with Crippen LogP contribution in [0.2, 0.25) is 0 Å². The van der Waals surface area contributed by atoms with Gasteiger partial charge in [-0.3, -0.25) is 0 Å². The molecule has 1 unspecified atom stereocenters. The van der Waals surface area contributed by atoms with Gasteiger partial charge in [-0.05, 0) is 30.2 Å². The molecule has 122 valence electrons. The molecule has 0 aromatic heterocycles. The summed E-state index contributed by atoms with van der Waals surface area (Å²) in [5.74, 6) is 1.62. The lowest BCUT2D eigenvalue weighted by molar-refractivity contribution is 0.0913. The predicted molar refractivity (Wildman–Crippen MR) is 89.9 cm³/mol. The molecule has 1 heterocycles. The Balaban J connectivity index is 1.60. The van der Waals surface area contributed by atoms with Gasteiger partial charge in [0.1, 0.15) is 6.61 Å². The molecule has 0 amide bonds. The Morgan fingerprint density at radius 1 is 1.13 bits per heavy atom. The monoisotopic (exact) mass is 313 g/mol. The molecule has 3 rings (SSSR count). The van der Waals surface area contributed by atoms with E-state index in [0.717, 1.165) is 23.6 Å². The molecular weight excluding hydrogens is 290 g/mol. The Labute approximate surface area is 137 Å². The van der Waals surface area contributed by atoms with Crippen LogP contribution in [0.5, 0.6) is 11.5 Å². The Morgan fingerprint density at radius 3 is 2.61 bits per heavy atom. The van der Waals surface area contributed by atoms with E-state index in [0.29, 0.717) is 19.3 Å². The molecule has 0 bridgehead atoms. The van der Waals surface area contributed by atoms with E-state index >= 15 is 0 Å². The van der Waals surface area contributed by atoms with Crippen molar-refractivity contribution in [1.29, 1.82) is 0 Å². The minimum Gasteiger partial charge on any atom is -0.485 e. The van der Waals surface area contributed by atoms with Gasteiger partial charge in [-0.1, -0.05) is 36.4 Å². The Morgan fingerprint density at radius 2 is 1.87 bits per heavy atom. The fourth-order valence-electron chi connectivity index (χ4n) is 2.63. The van der Waals surface area contributed by atoms with Crippen molar-refractivity contribution in [2.45, 2.75) is 25.6 Å². The molecule has 1 aliphatic heterocycles. The lowest BCUT2D eigenvalue weighted by Gasteiger charge is -2.26. The summed E-state index contributed by atoms with van der Waals surface area (Å²) in [5.41, 5.74) is 2.38. The highest BCUT2D eigenvalue weighted by Crippen LogP contribution is 2.35.